The highest BCUT2D eigenvalue weighted by atomic mass is 16.5. The zero-order chi connectivity index (χ0) is 17.2. The molecule has 0 spiro atoms. The average Bonchev–Trinajstić information content (AvgIpc) is 3.15. The summed E-state index contributed by atoms with van der Waals surface area (Å²) in [5.41, 5.74) is 4.31. The van der Waals surface area contributed by atoms with Crippen LogP contribution in [-0.4, -0.2) is 39.6 Å². The molecule has 2 aromatic heterocycles. The number of fused-ring (bicyclic) bond motifs is 3. The molecule has 0 fully saturated rings. The third-order valence-electron chi connectivity index (χ3n) is 4.79. The van der Waals surface area contributed by atoms with E-state index in [4.69, 9.17) is 4.74 Å². The van der Waals surface area contributed by atoms with Crippen molar-refractivity contribution in [3.63, 3.8) is 0 Å². The number of hydrogen-bond donors (Lipinski definition) is 1. The van der Waals surface area contributed by atoms with Crippen molar-refractivity contribution in [3.8, 4) is 5.75 Å². The molecule has 6 heteroatoms. The van der Waals surface area contributed by atoms with Gasteiger partial charge in [-0.25, -0.2) is 4.98 Å². The molecular formula is C19H20N4O2. The van der Waals surface area contributed by atoms with Crippen LogP contribution in [0.3, 0.4) is 0 Å². The van der Waals surface area contributed by atoms with Crippen LogP contribution in [0.2, 0.25) is 0 Å². The number of methoxy groups -OCH3 is 1. The van der Waals surface area contributed by atoms with Crippen LogP contribution in [0.5, 0.6) is 5.75 Å². The van der Waals surface area contributed by atoms with E-state index in [0.29, 0.717) is 13.0 Å². The lowest BCUT2D eigenvalue weighted by molar-refractivity contribution is -0.132. The molecule has 0 saturated carbocycles. The average molecular weight is 336 g/mol. The molecule has 1 amide bonds. The molecule has 3 heterocycles. The van der Waals surface area contributed by atoms with Crippen molar-refractivity contribution >= 4 is 16.9 Å². The van der Waals surface area contributed by atoms with Gasteiger partial charge < -0.3 is 9.64 Å². The molecule has 0 radical (unpaired) electrons. The summed E-state index contributed by atoms with van der Waals surface area (Å²) in [6, 6.07) is 7.88. The van der Waals surface area contributed by atoms with Crippen LogP contribution in [0, 0.1) is 0 Å². The Morgan fingerprint density at radius 3 is 3.16 bits per heavy atom. The number of nitrogens with zero attached hydrogens (tertiary/aromatic N) is 3. The molecule has 4 rings (SSSR count). The molecular weight excluding hydrogens is 316 g/mol. The first-order valence-electron chi connectivity index (χ1n) is 8.45. The first-order valence-corrected chi connectivity index (χ1v) is 8.45. The Labute approximate surface area is 145 Å². The quantitative estimate of drug-likeness (QED) is 0.794. The lowest BCUT2D eigenvalue weighted by atomic mass is 9.98. The van der Waals surface area contributed by atoms with E-state index < -0.39 is 0 Å². The van der Waals surface area contributed by atoms with Gasteiger partial charge in [0.05, 0.1) is 13.3 Å². The molecule has 128 valence electrons. The second-order valence-corrected chi connectivity index (χ2v) is 6.31. The summed E-state index contributed by atoms with van der Waals surface area (Å²) in [6.07, 6.45) is 5.75. The summed E-state index contributed by atoms with van der Waals surface area (Å²) in [5.74, 6) is 1.01. The van der Waals surface area contributed by atoms with Gasteiger partial charge in [0.25, 0.3) is 0 Å². The van der Waals surface area contributed by atoms with Crippen LogP contribution in [0.4, 0.5) is 0 Å². The smallest absolute Gasteiger partial charge is 0.223 e. The Balaban J connectivity index is 1.43. The number of carbonyl (C=O) groups excluding carboxylic acids is 1. The van der Waals surface area contributed by atoms with Gasteiger partial charge >= 0.3 is 0 Å². The molecule has 3 aromatic rings. The number of aryl methyl sites for hydroxylation is 1. The molecule has 1 aliphatic heterocycles. The zero-order valence-corrected chi connectivity index (χ0v) is 14.2. The normalized spacial score (nSPS) is 13.7. The highest BCUT2D eigenvalue weighted by Gasteiger charge is 2.22. The van der Waals surface area contributed by atoms with E-state index in [1.165, 1.54) is 5.56 Å². The van der Waals surface area contributed by atoms with Crippen LogP contribution < -0.4 is 4.74 Å². The van der Waals surface area contributed by atoms with Crippen LogP contribution in [-0.2, 0) is 24.2 Å². The van der Waals surface area contributed by atoms with Crippen molar-refractivity contribution in [2.24, 2.45) is 0 Å². The maximum atomic E-state index is 12.6. The molecule has 25 heavy (non-hydrogen) atoms. The van der Waals surface area contributed by atoms with Crippen molar-refractivity contribution in [2.75, 3.05) is 13.7 Å². The molecule has 6 nitrogen and oxygen atoms in total. The Kier molecular flexibility index (Phi) is 4.09. The molecule has 1 aromatic carbocycles. The Morgan fingerprint density at radius 1 is 1.36 bits per heavy atom. The van der Waals surface area contributed by atoms with Crippen LogP contribution >= 0.6 is 0 Å². The first kappa shape index (κ1) is 15.6. The maximum Gasteiger partial charge on any atom is 0.223 e. The minimum Gasteiger partial charge on any atom is -0.497 e. The Morgan fingerprint density at radius 2 is 2.28 bits per heavy atom. The number of ether oxygens (including phenoxy) is 1. The molecule has 0 saturated heterocycles. The third kappa shape index (κ3) is 3.07. The van der Waals surface area contributed by atoms with Gasteiger partial charge in [-0.2, -0.15) is 5.10 Å². The number of pyridine rings is 1. The van der Waals surface area contributed by atoms with Crippen molar-refractivity contribution in [3.05, 3.63) is 53.3 Å². The fourth-order valence-electron chi connectivity index (χ4n) is 3.41. The zero-order valence-electron chi connectivity index (χ0n) is 14.2. The second-order valence-electron chi connectivity index (χ2n) is 6.31. The minimum atomic E-state index is 0.181. The molecule has 1 aliphatic rings. The number of hydrogen-bond acceptors (Lipinski definition) is 4. The molecule has 0 aliphatic carbocycles. The summed E-state index contributed by atoms with van der Waals surface area (Å²) in [5, 5.41) is 8.03. The van der Waals surface area contributed by atoms with E-state index in [0.717, 1.165) is 47.3 Å². The van der Waals surface area contributed by atoms with Gasteiger partial charge in [0, 0.05) is 31.1 Å². The predicted molar refractivity (Wildman–Crippen MR) is 94.3 cm³/mol. The fourth-order valence-corrected chi connectivity index (χ4v) is 3.41. The van der Waals surface area contributed by atoms with Gasteiger partial charge in [-0.05, 0) is 41.7 Å². The van der Waals surface area contributed by atoms with Crippen LogP contribution in [0.25, 0.3) is 11.0 Å². The SMILES string of the molecule is COc1cccc(CCC(=O)N2CCc3c(cnc4[nH]ncc34)C2)c1. The van der Waals surface area contributed by atoms with E-state index in [1.54, 1.807) is 7.11 Å². The monoisotopic (exact) mass is 336 g/mol. The van der Waals surface area contributed by atoms with Crippen molar-refractivity contribution in [1.82, 2.24) is 20.1 Å². The first-order chi connectivity index (χ1) is 12.2. The molecule has 1 N–H and O–H groups in total. The lowest BCUT2D eigenvalue weighted by Gasteiger charge is -2.29. The van der Waals surface area contributed by atoms with Crippen molar-refractivity contribution in [1.29, 1.82) is 0 Å². The van der Waals surface area contributed by atoms with Gasteiger partial charge in [0.15, 0.2) is 5.65 Å². The number of H-pyrrole nitrogens is 1. The van der Waals surface area contributed by atoms with Crippen LogP contribution in [0.15, 0.2) is 36.7 Å². The summed E-state index contributed by atoms with van der Waals surface area (Å²) < 4.78 is 5.24. The highest BCUT2D eigenvalue weighted by molar-refractivity contribution is 5.81. The minimum absolute atomic E-state index is 0.181. The van der Waals surface area contributed by atoms with Crippen molar-refractivity contribution < 1.29 is 9.53 Å². The molecule has 0 atom stereocenters. The van der Waals surface area contributed by atoms with Gasteiger partial charge in [-0.1, -0.05) is 12.1 Å². The van der Waals surface area contributed by atoms with E-state index in [-0.39, 0.29) is 5.91 Å². The number of nitrogens with one attached hydrogen (secondary N) is 1. The largest absolute Gasteiger partial charge is 0.497 e. The maximum absolute atomic E-state index is 12.6. The van der Waals surface area contributed by atoms with E-state index in [2.05, 4.69) is 15.2 Å². The van der Waals surface area contributed by atoms with E-state index in [1.807, 2.05) is 41.6 Å². The predicted octanol–water partition coefficient (Wildman–Crippen LogP) is 2.48. The number of aromatic nitrogens is 3. The topological polar surface area (TPSA) is 71.1 Å². The Hall–Kier alpha value is -2.89. The molecule has 0 bridgehead atoms. The number of aromatic amines is 1. The molecule has 0 unspecified atom stereocenters. The third-order valence-corrected chi connectivity index (χ3v) is 4.79. The standard InChI is InChI=1S/C19H20N4O2/c1-25-15-4-2-3-13(9-15)5-6-18(24)23-8-7-16-14(12-23)10-20-19-17(16)11-21-22-19/h2-4,9-11H,5-8,12H2,1H3,(H,20,21,22). The van der Waals surface area contributed by atoms with Gasteiger partial charge in [0.1, 0.15) is 5.75 Å². The van der Waals surface area contributed by atoms with Gasteiger partial charge in [-0.3, -0.25) is 9.89 Å². The van der Waals surface area contributed by atoms with Gasteiger partial charge in [-0.15, -0.1) is 0 Å². The lowest BCUT2D eigenvalue weighted by Crippen LogP contribution is -2.36. The number of amides is 1. The van der Waals surface area contributed by atoms with Crippen molar-refractivity contribution in [2.45, 2.75) is 25.8 Å². The number of benzene rings is 1. The fraction of sp³-hybridized carbons (Fsp3) is 0.316. The van der Waals surface area contributed by atoms with Crippen LogP contribution in [0.1, 0.15) is 23.1 Å². The summed E-state index contributed by atoms with van der Waals surface area (Å²) in [6.45, 7) is 1.37. The van der Waals surface area contributed by atoms with E-state index in [9.17, 15) is 4.79 Å². The Bertz CT molecular complexity index is 919. The number of rotatable bonds is 4. The van der Waals surface area contributed by atoms with Gasteiger partial charge in [0.2, 0.25) is 5.91 Å². The highest BCUT2D eigenvalue weighted by Crippen LogP contribution is 2.25. The summed E-state index contributed by atoms with van der Waals surface area (Å²) in [4.78, 5) is 18.9. The summed E-state index contributed by atoms with van der Waals surface area (Å²) in [7, 11) is 1.65. The van der Waals surface area contributed by atoms with E-state index >= 15 is 0 Å². The number of carbonyl (C=O) groups is 1. The second kappa shape index (κ2) is 6.55. The summed E-state index contributed by atoms with van der Waals surface area (Å²) >= 11 is 0.